The molecule has 0 aliphatic carbocycles. The maximum atomic E-state index is 12.9. The summed E-state index contributed by atoms with van der Waals surface area (Å²) in [5.41, 5.74) is 3.04. The van der Waals surface area contributed by atoms with Gasteiger partial charge in [-0.25, -0.2) is 8.42 Å². The Bertz CT molecular complexity index is 961. The van der Waals surface area contributed by atoms with Crippen molar-refractivity contribution in [3.63, 3.8) is 0 Å². The van der Waals surface area contributed by atoms with Crippen LogP contribution in [0.4, 0.5) is 11.4 Å². The van der Waals surface area contributed by atoms with Crippen molar-refractivity contribution < 1.29 is 17.8 Å². The first-order valence-corrected chi connectivity index (χ1v) is 9.80. The molecule has 0 radical (unpaired) electrons. The normalized spacial score (nSPS) is 12.4. The first-order valence-electron chi connectivity index (χ1n) is 8.36. The molecule has 2 aromatic rings. The van der Waals surface area contributed by atoms with Crippen molar-refractivity contribution in [3.05, 3.63) is 52.0 Å². The highest BCUT2D eigenvalue weighted by Gasteiger charge is 2.27. The molecule has 0 saturated heterocycles. The van der Waals surface area contributed by atoms with Crippen LogP contribution in [0.15, 0.2) is 44.7 Å². The van der Waals surface area contributed by atoms with Crippen molar-refractivity contribution >= 4 is 27.1 Å². The molecule has 0 bridgehead atoms. The Kier molecular flexibility index (Phi) is 6.34. The van der Waals surface area contributed by atoms with E-state index in [-0.39, 0.29) is 29.4 Å². The van der Waals surface area contributed by atoms with Gasteiger partial charge in [-0.3, -0.25) is 15.5 Å². The third kappa shape index (κ3) is 4.52. The maximum absolute atomic E-state index is 12.9. The molecule has 0 saturated carbocycles. The second-order valence-electron chi connectivity index (χ2n) is 5.75. The zero-order chi connectivity index (χ0) is 20.2. The summed E-state index contributed by atoms with van der Waals surface area (Å²) >= 11 is 0. The van der Waals surface area contributed by atoms with Gasteiger partial charge in [0.1, 0.15) is 22.1 Å². The molecule has 0 aliphatic heterocycles. The van der Waals surface area contributed by atoms with Crippen LogP contribution in [0.3, 0.4) is 0 Å². The van der Waals surface area contributed by atoms with Crippen molar-refractivity contribution in [3.8, 4) is 0 Å². The molecule has 10 heteroatoms. The molecule has 1 aromatic heterocycles. The van der Waals surface area contributed by atoms with Crippen LogP contribution in [0.5, 0.6) is 0 Å². The summed E-state index contributed by atoms with van der Waals surface area (Å²) in [6.45, 7) is 7.40. The fourth-order valence-corrected chi connectivity index (χ4v) is 4.08. The average molecular weight is 394 g/mol. The molecule has 1 aromatic carbocycles. The highest BCUT2D eigenvalue weighted by molar-refractivity contribution is 7.89. The van der Waals surface area contributed by atoms with Gasteiger partial charge in [0.05, 0.1) is 10.6 Å². The Morgan fingerprint density at radius 2 is 1.93 bits per heavy atom. The zero-order valence-electron chi connectivity index (χ0n) is 15.6. The lowest BCUT2D eigenvalue weighted by Gasteiger charge is -2.20. The minimum absolute atomic E-state index is 0.148. The van der Waals surface area contributed by atoms with E-state index < -0.39 is 14.9 Å². The van der Waals surface area contributed by atoms with E-state index in [0.717, 1.165) is 11.8 Å². The number of hydrogen-bond acceptors (Lipinski definition) is 7. The largest absolute Gasteiger partial charge is 0.460 e. The standard InChI is InChI=1S/C17H22N4O5S/c1-5-20(6-2)27(24,25)17-11-14(21(22)23)8-9-15(17)19-18-13(4)16-10-7-12(3)26-16/h7-11,19H,5-6H2,1-4H3/b18-13-. The fourth-order valence-electron chi connectivity index (χ4n) is 2.46. The zero-order valence-corrected chi connectivity index (χ0v) is 16.4. The monoisotopic (exact) mass is 394 g/mol. The van der Waals surface area contributed by atoms with Gasteiger partial charge < -0.3 is 4.42 Å². The van der Waals surface area contributed by atoms with Gasteiger partial charge in [-0.1, -0.05) is 13.8 Å². The highest BCUT2D eigenvalue weighted by atomic mass is 32.2. The van der Waals surface area contributed by atoms with Crippen LogP contribution in [-0.2, 0) is 10.0 Å². The van der Waals surface area contributed by atoms with Gasteiger partial charge in [-0.05, 0) is 32.0 Å². The molecule has 0 atom stereocenters. The molecule has 1 N–H and O–H groups in total. The lowest BCUT2D eigenvalue weighted by atomic mass is 10.3. The molecule has 146 valence electrons. The molecule has 0 unspecified atom stereocenters. The minimum atomic E-state index is -3.92. The molecule has 2 rings (SSSR count). The van der Waals surface area contributed by atoms with Gasteiger partial charge in [-0.2, -0.15) is 9.41 Å². The molecule has 0 amide bonds. The number of nitro groups is 1. The van der Waals surface area contributed by atoms with Crippen molar-refractivity contribution in [1.29, 1.82) is 0 Å². The van der Waals surface area contributed by atoms with Crippen LogP contribution in [0, 0.1) is 17.0 Å². The van der Waals surface area contributed by atoms with E-state index in [2.05, 4.69) is 10.5 Å². The maximum Gasteiger partial charge on any atom is 0.270 e. The molecule has 9 nitrogen and oxygen atoms in total. The smallest absolute Gasteiger partial charge is 0.270 e. The molecular weight excluding hydrogens is 372 g/mol. The predicted molar refractivity (Wildman–Crippen MR) is 102 cm³/mol. The average Bonchev–Trinajstić information content (AvgIpc) is 3.06. The summed E-state index contributed by atoms with van der Waals surface area (Å²) in [7, 11) is -3.92. The van der Waals surface area contributed by atoms with Crippen LogP contribution in [0.1, 0.15) is 32.3 Å². The summed E-state index contributed by atoms with van der Waals surface area (Å²) in [6.07, 6.45) is 0. The quantitative estimate of drug-likeness (QED) is 0.417. The second kappa shape index (κ2) is 8.31. The molecule has 27 heavy (non-hydrogen) atoms. The van der Waals surface area contributed by atoms with Gasteiger partial charge in [0.25, 0.3) is 5.69 Å². The Morgan fingerprint density at radius 3 is 2.44 bits per heavy atom. The Balaban J connectivity index is 2.48. The Hall–Kier alpha value is -2.72. The lowest BCUT2D eigenvalue weighted by Crippen LogP contribution is -2.31. The number of hydrazone groups is 1. The van der Waals surface area contributed by atoms with Crippen LogP contribution in [-0.4, -0.2) is 36.4 Å². The predicted octanol–water partition coefficient (Wildman–Crippen LogP) is 3.36. The summed E-state index contributed by atoms with van der Waals surface area (Å²) in [5, 5.41) is 15.2. The number of anilines is 1. The minimum Gasteiger partial charge on any atom is -0.460 e. The van der Waals surface area contributed by atoms with Gasteiger partial charge in [-0.15, -0.1) is 0 Å². The van der Waals surface area contributed by atoms with Crippen LogP contribution < -0.4 is 5.43 Å². The number of rotatable bonds is 8. The van der Waals surface area contributed by atoms with E-state index in [4.69, 9.17) is 4.42 Å². The van der Waals surface area contributed by atoms with E-state index in [1.54, 1.807) is 39.8 Å². The molecule has 0 spiro atoms. The number of aryl methyl sites for hydroxylation is 1. The van der Waals surface area contributed by atoms with Gasteiger partial charge in [0.15, 0.2) is 0 Å². The number of nitrogens with zero attached hydrogens (tertiary/aromatic N) is 3. The Labute approximate surface area is 157 Å². The first kappa shape index (κ1) is 20.6. The van der Waals surface area contributed by atoms with E-state index >= 15 is 0 Å². The summed E-state index contributed by atoms with van der Waals surface area (Å²) < 4.78 is 32.5. The van der Waals surface area contributed by atoms with Gasteiger partial charge >= 0.3 is 0 Å². The van der Waals surface area contributed by atoms with E-state index in [0.29, 0.717) is 11.5 Å². The summed E-state index contributed by atoms with van der Waals surface area (Å²) in [5.74, 6) is 1.26. The Morgan fingerprint density at radius 1 is 1.26 bits per heavy atom. The third-order valence-corrected chi connectivity index (χ3v) is 6.03. The van der Waals surface area contributed by atoms with Crippen LogP contribution in [0.2, 0.25) is 0 Å². The lowest BCUT2D eigenvalue weighted by molar-refractivity contribution is -0.385. The third-order valence-electron chi connectivity index (χ3n) is 3.94. The molecule has 0 fully saturated rings. The summed E-state index contributed by atoms with van der Waals surface area (Å²) in [4.78, 5) is 10.3. The number of benzene rings is 1. The van der Waals surface area contributed by atoms with Gasteiger partial charge in [0, 0.05) is 25.2 Å². The molecular formula is C17H22N4O5S. The number of furan rings is 1. The van der Waals surface area contributed by atoms with Crippen molar-refractivity contribution in [2.24, 2.45) is 5.10 Å². The van der Waals surface area contributed by atoms with Crippen molar-refractivity contribution in [2.45, 2.75) is 32.6 Å². The van der Waals surface area contributed by atoms with E-state index in [9.17, 15) is 18.5 Å². The summed E-state index contributed by atoms with van der Waals surface area (Å²) in [6, 6.07) is 7.14. The van der Waals surface area contributed by atoms with E-state index in [1.807, 2.05) is 0 Å². The number of hydrogen-bond donors (Lipinski definition) is 1. The van der Waals surface area contributed by atoms with Crippen LogP contribution in [0.25, 0.3) is 0 Å². The number of nitro benzene ring substituents is 1. The van der Waals surface area contributed by atoms with Crippen molar-refractivity contribution in [2.75, 3.05) is 18.5 Å². The molecule has 0 aliphatic rings. The number of nitrogens with one attached hydrogen (secondary N) is 1. The van der Waals surface area contributed by atoms with Crippen LogP contribution >= 0.6 is 0 Å². The van der Waals surface area contributed by atoms with E-state index in [1.165, 1.54) is 16.4 Å². The number of non-ortho nitro benzene ring substituents is 1. The van der Waals surface area contributed by atoms with Gasteiger partial charge in [0.2, 0.25) is 10.0 Å². The number of sulfonamides is 1. The SMILES string of the molecule is CCN(CC)S(=O)(=O)c1cc([N+](=O)[O-])ccc1N/N=C(/C)c1ccc(C)o1. The molecule has 1 heterocycles. The highest BCUT2D eigenvalue weighted by Crippen LogP contribution is 2.29. The second-order valence-corrected chi connectivity index (χ2v) is 7.65. The topological polar surface area (TPSA) is 118 Å². The first-order chi connectivity index (χ1) is 12.7. The van der Waals surface area contributed by atoms with Crippen molar-refractivity contribution in [1.82, 2.24) is 4.31 Å². The fraction of sp³-hybridized carbons (Fsp3) is 0.353.